The fraction of sp³-hybridized carbons (Fsp3) is 0.455. The van der Waals surface area contributed by atoms with Gasteiger partial charge in [-0.15, -0.1) is 0 Å². The maximum Gasteiger partial charge on any atom is 0.270 e. The first-order valence-corrected chi connectivity index (χ1v) is 6.34. The monoisotopic (exact) mass is 256 g/mol. The topological polar surface area (TPSA) is 78.4 Å². The van der Waals surface area contributed by atoms with Gasteiger partial charge >= 0.3 is 0 Å². The zero-order valence-electron chi connectivity index (χ0n) is 9.88. The lowest BCUT2D eigenvalue weighted by molar-refractivity contribution is -0.384. The smallest absolute Gasteiger partial charge is 0.270 e. The second-order valence-corrected chi connectivity index (χ2v) is 4.78. The fourth-order valence-corrected chi connectivity index (χ4v) is 2.28. The Balaban J connectivity index is 2.79. The Hall–Kier alpha value is -1.27. The van der Waals surface area contributed by atoms with Crippen LogP contribution in [0.25, 0.3) is 0 Å². The van der Waals surface area contributed by atoms with E-state index in [0.717, 1.165) is 11.3 Å². The Morgan fingerprint density at radius 1 is 1.59 bits per heavy atom. The van der Waals surface area contributed by atoms with E-state index in [4.69, 9.17) is 10.5 Å². The molecule has 0 bridgehead atoms. The molecule has 1 rings (SSSR count). The molecule has 6 heteroatoms. The van der Waals surface area contributed by atoms with E-state index < -0.39 is 4.92 Å². The van der Waals surface area contributed by atoms with Crippen LogP contribution in [0.5, 0.6) is 5.75 Å². The van der Waals surface area contributed by atoms with Gasteiger partial charge in [0.05, 0.1) is 12.0 Å². The number of nitrogens with zero attached hydrogens (tertiary/aromatic N) is 1. The Bertz CT molecular complexity index is 396. The number of non-ortho nitro benzene ring substituents is 1. The first-order chi connectivity index (χ1) is 8.04. The Morgan fingerprint density at radius 3 is 2.82 bits per heavy atom. The molecule has 17 heavy (non-hydrogen) atoms. The minimum Gasteiger partial charge on any atom is -0.496 e. The molecule has 94 valence electrons. The SMILES string of the molecule is COc1ccc([N+](=O)[O-])cc1CSCC(C)N. The summed E-state index contributed by atoms with van der Waals surface area (Å²) in [5.74, 6) is 2.14. The number of nitro groups is 1. The normalized spacial score (nSPS) is 12.2. The van der Waals surface area contributed by atoms with Crippen LogP contribution in [-0.2, 0) is 5.75 Å². The highest BCUT2D eigenvalue weighted by molar-refractivity contribution is 7.98. The van der Waals surface area contributed by atoms with Crippen LogP contribution in [0.1, 0.15) is 12.5 Å². The van der Waals surface area contributed by atoms with Crippen molar-refractivity contribution in [2.75, 3.05) is 12.9 Å². The molecular weight excluding hydrogens is 240 g/mol. The van der Waals surface area contributed by atoms with Crippen LogP contribution in [-0.4, -0.2) is 23.8 Å². The van der Waals surface area contributed by atoms with Crippen molar-refractivity contribution in [3.05, 3.63) is 33.9 Å². The number of nitro benzene ring substituents is 1. The van der Waals surface area contributed by atoms with Crippen molar-refractivity contribution in [2.45, 2.75) is 18.7 Å². The van der Waals surface area contributed by atoms with Gasteiger partial charge in [0, 0.05) is 35.2 Å². The van der Waals surface area contributed by atoms with Gasteiger partial charge in [0.25, 0.3) is 5.69 Å². The summed E-state index contributed by atoms with van der Waals surface area (Å²) < 4.78 is 5.17. The molecule has 2 N–H and O–H groups in total. The van der Waals surface area contributed by atoms with Gasteiger partial charge in [-0.1, -0.05) is 0 Å². The molecule has 0 aliphatic carbocycles. The molecule has 0 aliphatic rings. The largest absolute Gasteiger partial charge is 0.496 e. The minimum atomic E-state index is -0.404. The molecule has 0 saturated heterocycles. The predicted molar refractivity (Wildman–Crippen MR) is 69.5 cm³/mol. The maximum absolute atomic E-state index is 10.7. The summed E-state index contributed by atoms with van der Waals surface area (Å²) in [7, 11) is 1.56. The maximum atomic E-state index is 10.7. The molecule has 0 fully saturated rings. The average molecular weight is 256 g/mol. The standard InChI is InChI=1S/C11H16N2O3S/c1-8(12)6-17-7-9-5-10(13(14)15)3-4-11(9)16-2/h3-5,8H,6-7,12H2,1-2H3. The molecular formula is C11H16N2O3S. The van der Waals surface area contributed by atoms with Crippen LogP contribution in [0.15, 0.2) is 18.2 Å². The predicted octanol–water partition coefficient (Wildman–Crippen LogP) is 2.18. The van der Waals surface area contributed by atoms with Crippen molar-refractivity contribution < 1.29 is 9.66 Å². The minimum absolute atomic E-state index is 0.0854. The molecule has 0 amide bonds. The second kappa shape index (κ2) is 6.46. The van der Waals surface area contributed by atoms with Crippen molar-refractivity contribution in [3.63, 3.8) is 0 Å². The Labute approximate surface area is 104 Å². The molecule has 0 radical (unpaired) electrons. The van der Waals surface area contributed by atoms with E-state index >= 15 is 0 Å². The number of hydrogen-bond donors (Lipinski definition) is 1. The van der Waals surface area contributed by atoms with Gasteiger partial charge in [0.15, 0.2) is 0 Å². The van der Waals surface area contributed by atoms with Gasteiger partial charge in [-0.2, -0.15) is 11.8 Å². The highest BCUT2D eigenvalue weighted by atomic mass is 32.2. The lowest BCUT2D eigenvalue weighted by Gasteiger charge is -2.09. The zero-order valence-corrected chi connectivity index (χ0v) is 10.7. The number of ether oxygens (including phenoxy) is 1. The van der Waals surface area contributed by atoms with Gasteiger partial charge in [0.1, 0.15) is 5.75 Å². The van der Waals surface area contributed by atoms with E-state index in [-0.39, 0.29) is 11.7 Å². The van der Waals surface area contributed by atoms with Crippen LogP contribution in [0, 0.1) is 10.1 Å². The van der Waals surface area contributed by atoms with E-state index in [2.05, 4.69) is 0 Å². The first-order valence-electron chi connectivity index (χ1n) is 5.19. The lowest BCUT2D eigenvalue weighted by atomic mass is 10.2. The summed E-state index contributed by atoms with van der Waals surface area (Å²) in [5.41, 5.74) is 6.56. The lowest BCUT2D eigenvalue weighted by Crippen LogP contribution is -2.17. The summed E-state index contributed by atoms with van der Waals surface area (Å²) in [5, 5.41) is 10.7. The number of nitrogens with two attached hydrogens (primary N) is 1. The third kappa shape index (κ3) is 4.24. The van der Waals surface area contributed by atoms with Crippen molar-refractivity contribution in [3.8, 4) is 5.75 Å². The van der Waals surface area contributed by atoms with Crippen molar-refractivity contribution >= 4 is 17.4 Å². The molecule has 0 aromatic heterocycles. The van der Waals surface area contributed by atoms with E-state index in [0.29, 0.717) is 11.5 Å². The van der Waals surface area contributed by atoms with Gasteiger partial charge in [-0.05, 0) is 13.0 Å². The number of hydrogen-bond acceptors (Lipinski definition) is 5. The third-order valence-electron chi connectivity index (χ3n) is 2.11. The molecule has 5 nitrogen and oxygen atoms in total. The van der Waals surface area contributed by atoms with Gasteiger partial charge in [-0.25, -0.2) is 0 Å². The molecule has 1 atom stereocenters. The molecule has 0 spiro atoms. The average Bonchev–Trinajstić information content (AvgIpc) is 2.28. The summed E-state index contributed by atoms with van der Waals surface area (Å²) in [6.45, 7) is 1.93. The van der Waals surface area contributed by atoms with E-state index in [9.17, 15) is 10.1 Å². The van der Waals surface area contributed by atoms with Gasteiger partial charge < -0.3 is 10.5 Å². The van der Waals surface area contributed by atoms with Crippen LogP contribution in [0.2, 0.25) is 0 Å². The molecule has 1 aromatic carbocycles. The number of methoxy groups -OCH3 is 1. The molecule has 1 aromatic rings. The number of thioether (sulfide) groups is 1. The Morgan fingerprint density at radius 2 is 2.29 bits per heavy atom. The number of rotatable bonds is 6. The van der Waals surface area contributed by atoms with Gasteiger partial charge in [-0.3, -0.25) is 10.1 Å². The zero-order chi connectivity index (χ0) is 12.8. The van der Waals surface area contributed by atoms with Crippen molar-refractivity contribution in [2.24, 2.45) is 5.73 Å². The summed E-state index contributed by atoms with van der Waals surface area (Å²) in [6.07, 6.45) is 0. The van der Waals surface area contributed by atoms with Crippen LogP contribution >= 0.6 is 11.8 Å². The number of benzene rings is 1. The molecule has 0 aliphatic heterocycles. The third-order valence-corrected chi connectivity index (χ3v) is 3.39. The van der Waals surface area contributed by atoms with Gasteiger partial charge in [0.2, 0.25) is 0 Å². The molecule has 1 unspecified atom stereocenters. The van der Waals surface area contributed by atoms with E-state index in [1.165, 1.54) is 6.07 Å². The summed E-state index contributed by atoms with van der Waals surface area (Å²) >= 11 is 1.64. The second-order valence-electron chi connectivity index (χ2n) is 3.75. The molecule has 0 heterocycles. The highest BCUT2D eigenvalue weighted by Gasteiger charge is 2.11. The summed E-state index contributed by atoms with van der Waals surface area (Å²) in [4.78, 5) is 10.3. The summed E-state index contributed by atoms with van der Waals surface area (Å²) in [6, 6.07) is 4.73. The van der Waals surface area contributed by atoms with Crippen LogP contribution in [0.4, 0.5) is 5.69 Å². The quantitative estimate of drug-likeness (QED) is 0.623. The van der Waals surface area contributed by atoms with Crippen molar-refractivity contribution in [1.29, 1.82) is 0 Å². The fourth-order valence-electron chi connectivity index (χ4n) is 1.35. The molecule has 0 saturated carbocycles. The van der Waals surface area contributed by atoms with Crippen LogP contribution < -0.4 is 10.5 Å². The van der Waals surface area contributed by atoms with E-state index in [1.807, 2.05) is 6.92 Å². The van der Waals surface area contributed by atoms with Crippen LogP contribution in [0.3, 0.4) is 0 Å². The highest BCUT2D eigenvalue weighted by Crippen LogP contribution is 2.27. The Kier molecular flexibility index (Phi) is 5.24. The van der Waals surface area contributed by atoms with Crippen molar-refractivity contribution in [1.82, 2.24) is 0 Å². The van der Waals surface area contributed by atoms with E-state index in [1.54, 1.807) is 31.0 Å². The first kappa shape index (κ1) is 13.8.